The van der Waals surface area contributed by atoms with Crippen LogP contribution < -0.4 is 29.6 Å². The Morgan fingerprint density at radius 1 is 0.871 bits per heavy atom. The number of hydrogen-bond acceptors (Lipinski definition) is 5. The first kappa shape index (κ1) is 31.0. The molecule has 0 aliphatic heterocycles. The molecule has 0 spiro atoms. The summed E-state index contributed by atoms with van der Waals surface area (Å²) in [5.74, 6) is 0. The average molecular weight is 467 g/mol. The molecule has 5 nitrogen and oxygen atoms in total. The number of hydrogen-bond donors (Lipinski definition) is 2. The average Bonchev–Trinajstić information content (AvgIpc) is 2.71. The van der Waals surface area contributed by atoms with Gasteiger partial charge in [0.1, 0.15) is 6.10 Å². The first-order valence-electron chi connectivity index (χ1n) is 11.7. The van der Waals surface area contributed by atoms with E-state index in [2.05, 4.69) is 6.92 Å². The van der Waals surface area contributed by atoms with Crippen LogP contribution in [0.25, 0.3) is 0 Å². The van der Waals surface area contributed by atoms with Crippen LogP contribution >= 0.6 is 0 Å². The Balaban J connectivity index is 0. The summed E-state index contributed by atoms with van der Waals surface area (Å²) in [4.78, 5) is 0.0579. The van der Waals surface area contributed by atoms with Crippen LogP contribution in [-0.4, -0.2) is 36.9 Å². The minimum Gasteiger partial charge on any atom is -1.00 e. The fourth-order valence-corrected chi connectivity index (χ4v) is 4.74. The molecule has 31 heavy (non-hydrogen) atoms. The standard InChI is InChI=1S/C24H42O5S.Na.H/c1-3-4-5-6-7-8-9-10-11-12-16-19-23(26)24(20-21(2)25)29-30(27,28)22-17-14-13-15-18-22;;/h13-15,17-18,21,23-26H,3-12,16,19-20H2,1-2H3;;/q;+1;-1. The van der Waals surface area contributed by atoms with Crippen LogP contribution in [-0.2, 0) is 14.3 Å². The first-order valence-corrected chi connectivity index (χ1v) is 13.1. The fraction of sp³-hybridized carbons (Fsp3) is 0.750. The van der Waals surface area contributed by atoms with Gasteiger partial charge in [0, 0.05) is 6.42 Å². The Hall–Kier alpha value is 0.0500. The minimum atomic E-state index is -3.98. The van der Waals surface area contributed by atoms with E-state index < -0.39 is 28.4 Å². The predicted molar refractivity (Wildman–Crippen MR) is 123 cm³/mol. The molecule has 0 fully saturated rings. The number of unbranched alkanes of at least 4 members (excludes halogenated alkanes) is 10. The van der Waals surface area contributed by atoms with Crippen molar-refractivity contribution < 1.29 is 53.8 Å². The van der Waals surface area contributed by atoms with Crippen LogP contribution in [0.4, 0.5) is 0 Å². The van der Waals surface area contributed by atoms with Gasteiger partial charge in [0.05, 0.1) is 17.1 Å². The van der Waals surface area contributed by atoms with E-state index in [0.717, 1.165) is 19.3 Å². The van der Waals surface area contributed by atoms with E-state index in [1.165, 1.54) is 63.5 Å². The molecule has 176 valence electrons. The van der Waals surface area contributed by atoms with Crippen molar-refractivity contribution in [1.82, 2.24) is 0 Å². The maximum absolute atomic E-state index is 12.5. The van der Waals surface area contributed by atoms with Crippen molar-refractivity contribution in [2.24, 2.45) is 0 Å². The van der Waals surface area contributed by atoms with Gasteiger partial charge in [0.25, 0.3) is 10.1 Å². The van der Waals surface area contributed by atoms with Crippen molar-refractivity contribution in [2.45, 2.75) is 121 Å². The quantitative estimate of drug-likeness (QED) is 0.197. The summed E-state index contributed by atoms with van der Waals surface area (Å²) in [6.07, 6.45) is 11.3. The zero-order chi connectivity index (χ0) is 22.2. The third-order valence-electron chi connectivity index (χ3n) is 5.39. The van der Waals surface area contributed by atoms with Crippen LogP contribution in [0, 0.1) is 0 Å². The van der Waals surface area contributed by atoms with Crippen molar-refractivity contribution in [3.63, 3.8) is 0 Å². The van der Waals surface area contributed by atoms with Crippen LogP contribution in [0.15, 0.2) is 35.2 Å². The Morgan fingerprint density at radius 3 is 1.84 bits per heavy atom. The SMILES string of the molecule is CCCCCCCCCCCCCC(O)C(CC(C)O)OS(=O)(=O)c1ccccc1.[H-].[Na+]. The molecular formula is C24H43NaO5S. The van der Waals surface area contributed by atoms with E-state index in [1.807, 2.05) is 0 Å². The van der Waals surface area contributed by atoms with Gasteiger partial charge in [-0.25, -0.2) is 0 Å². The Labute approximate surface area is 213 Å². The third kappa shape index (κ3) is 14.7. The summed E-state index contributed by atoms with van der Waals surface area (Å²) in [5.41, 5.74) is 0. The summed E-state index contributed by atoms with van der Waals surface area (Å²) in [6, 6.07) is 7.91. The number of rotatable bonds is 18. The maximum atomic E-state index is 12.5. The number of aliphatic hydroxyl groups is 2. The fourth-order valence-electron chi connectivity index (χ4n) is 3.61. The van der Waals surface area contributed by atoms with Gasteiger partial charge in [-0.1, -0.05) is 95.8 Å². The third-order valence-corrected chi connectivity index (χ3v) is 6.74. The van der Waals surface area contributed by atoms with Crippen LogP contribution in [0.1, 0.15) is 98.7 Å². The summed E-state index contributed by atoms with van der Waals surface area (Å²) < 4.78 is 30.3. The summed E-state index contributed by atoms with van der Waals surface area (Å²) in [7, 11) is -3.98. The summed E-state index contributed by atoms with van der Waals surface area (Å²) >= 11 is 0. The molecule has 0 bridgehead atoms. The molecule has 0 aliphatic rings. The molecule has 1 aromatic carbocycles. The molecular weight excluding hydrogens is 423 g/mol. The van der Waals surface area contributed by atoms with Gasteiger partial charge in [-0.2, -0.15) is 8.42 Å². The van der Waals surface area contributed by atoms with E-state index in [-0.39, 0.29) is 42.3 Å². The Kier molecular flexibility index (Phi) is 18.5. The molecule has 0 amide bonds. The van der Waals surface area contributed by atoms with Gasteiger partial charge in [-0.15, -0.1) is 0 Å². The van der Waals surface area contributed by atoms with Gasteiger partial charge in [-0.05, 0) is 25.5 Å². The number of benzene rings is 1. The van der Waals surface area contributed by atoms with E-state index in [1.54, 1.807) is 25.1 Å². The molecule has 0 radical (unpaired) electrons. The topological polar surface area (TPSA) is 83.8 Å². The zero-order valence-corrected chi connectivity index (χ0v) is 22.7. The molecule has 1 aromatic rings. The second-order valence-electron chi connectivity index (χ2n) is 8.38. The maximum Gasteiger partial charge on any atom is 1.00 e. The van der Waals surface area contributed by atoms with Gasteiger partial charge < -0.3 is 11.6 Å². The molecule has 7 heteroatoms. The van der Waals surface area contributed by atoms with E-state index in [9.17, 15) is 18.6 Å². The molecule has 2 N–H and O–H groups in total. The van der Waals surface area contributed by atoms with Crippen molar-refractivity contribution in [3.8, 4) is 0 Å². The molecule has 0 saturated heterocycles. The molecule has 0 aromatic heterocycles. The first-order chi connectivity index (χ1) is 14.4. The van der Waals surface area contributed by atoms with E-state index in [4.69, 9.17) is 4.18 Å². The van der Waals surface area contributed by atoms with Crippen molar-refractivity contribution in [1.29, 1.82) is 0 Å². The van der Waals surface area contributed by atoms with Crippen LogP contribution in [0.2, 0.25) is 0 Å². The minimum absolute atomic E-state index is 0. The Morgan fingerprint density at radius 2 is 1.35 bits per heavy atom. The predicted octanol–water partition coefficient (Wildman–Crippen LogP) is 2.71. The largest absolute Gasteiger partial charge is 1.00 e. The van der Waals surface area contributed by atoms with Gasteiger partial charge in [0.15, 0.2) is 0 Å². The zero-order valence-electron chi connectivity index (χ0n) is 20.8. The number of aliphatic hydroxyl groups excluding tert-OH is 2. The molecule has 0 saturated carbocycles. The van der Waals surface area contributed by atoms with Crippen molar-refractivity contribution in [3.05, 3.63) is 30.3 Å². The van der Waals surface area contributed by atoms with Crippen molar-refractivity contribution in [2.75, 3.05) is 0 Å². The summed E-state index contributed by atoms with van der Waals surface area (Å²) in [5, 5.41) is 20.2. The normalized spacial score (nSPS) is 14.6. The molecule has 3 atom stereocenters. The second-order valence-corrected chi connectivity index (χ2v) is 9.95. The smallest absolute Gasteiger partial charge is 1.00 e. The molecule has 1 rings (SSSR count). The van der Waals surface area contributed by atoms with Gasteiger partial charge >= 0.3 is 29.6 Å². The summed E-state index contributed by atoms with van der Waals surface area (Å²) in [6.45, 7) is 3.80. The van der Waals surface area contributed by atoms with Crippen molar-refractivity contribution >= 4 is 10.1 Å². The molecule has 0 heterocycles. The van der Waals surface area contributed by atoms with Crippen LogP contribution in [0.3, 0.4) is 0 Å². The molecule has 0 aliphatic carbocycles. The van der Waals surface area contributed by atoms with E-state index >= 15 is 0 Å². The monoisotopic (exact) mass is 466 g/mol. The Bertz CT molecular complexity index is 643. The van der Waals surface area contributed by atoms with Gasteiger partial charge in [0.2, 0.25) is 0 Å². The van der Waals surface area contributed by atoms with Gasteiger partial charge in [-0.3, -0.25) is 4.18 Å². The second kappa shape index (κ2) is 18.5. The van der Waals surface area contributed by atoms with E-state index in [0.29, 0.717) is 6.42 Å². The molecule has 3 unspecified atom stereocenters. The van der Waals surface area contributed by atoms with Crippen LogP contribution in [0.5, 0.6) is 0 Å².